The highest BCUT2D eigenvalue weighted by molar-refractivity contribution is 6.60. The van der Waals surface area contributed by atoms with Gasteiger partial charge in [0.05, 0.1) is 5.92 Å². The van der Waals surface area contributed by atoms with Gasteiger partial charge in [-0.1, -0.05) is 0 Å². The first-order valence-electron chi connectivity index (χ1n) is 7.43. The molecule has 0 aliphatic carbocycles. The van der Waals surface area contributed by atoms with Gasteiger partial charge in [-0.15, -0.1) is 0 Å². The maximum absolute atomic E-state index is 11.3. The normalized spacial score (nSPS) is 15.6. The number of aliphatic hydroxyl groups is 1. The van der Waals surface area contributed by atoms with Gasteiger partial charge in [-0.25, -0.2) is 0 Å². The summed E-state index contributed by atoms with van der Waals surface area (Å²) in [5.74, 6) is -1.53. The Bertz CT molecular complexity index is 322. The molecule has 0 radical (unpaired) electrons. The number of carboxylic acid groups (broad SMARTS) is 1. The van der Waals surface area contributed by atoms with E-state index in [0.717, 1.165) is 0 Å². The predicted octanol–water partition coefficient (Wildman–Crippen LogP) is 1.44. The molecule has 0 rings (SSSR count). The maximum atomic E-state index is 11.3. The summed E-state index contributed by atoms with van der Waals surface area (Å²) in [6.07, 6.45) is 0.341. The molecule has 2 atom stereocenters. The van der Waals surface area contributed by atoms with Gasteiger partial charge >= 0.3 is 14.8 Å². The van der Waals surface area contributed by atoms with Crippen LogP contribution in [-0.2, 0) is 18.1 Å². The van der Waals surface area contributed by atoms with Crippen LogP contribution in [0.4, 0.5) is 0 Å². The van der Waals surface area contributed by atoms with Crippen molar-refractivity contribution in [2.75, 3.05) is 21.3 Å². The maximum Gasteiger partial charge on any atom is 0.500 e. The first-order valence-corrected chi connectivity index (χ1v) is 9.36. The number of aliphatic carboxylic acids is 1. The molecule has 0 spiro atoms. The third kappa shape index (κ3) is 8.21. The lowest BCUT2D eigenvalue weighted by atomic mass is 9.98. The lowest BCUT2D eigenvalue weighted by Crippen LogP contribution is -2.45. The van der Waals surface area contributed by atoms with E-state index in [0.29, 0.717) is 18.9 Å². The fraction of sp³-hybridized carbons (Fsp3) is 0.929. The Labute approximate surface area is 134 Å². The minimum atomic E-state index is -2.67. The topological polar surface area (TPSA) is 97.3 Å². The summed E-state index contributed by atoms with van der Waals surface area (Å²) in [4.78, 5) is 11.3. The molecule has 7 nitrogen and oxygen atoms in total. The average molecular weight is 337 g/mol. The number of carboxylic acids is 1. The van der Waals surface area contributed by atoms with E-state index in [-0.39, 0.29) is 12.0 Å². The van der Waals surface area contributed by atoms with Crippen LogP contribution in [-0.4, -0.2) is 58.1 Å². The molecule has 132 valence electrons. The van der Waals surface area contributed by atoms with Gasteiger partial charge in [-0.05, 0) is 40.0 Å². The first kappa shape index (κ1) is 21.5. The predicted molar refractivity (Wildman–Crippen MR) is 85.5 cm³/mol. The second kappa shape index (κ2) is 9.59. The highest BCUT2D eigenvalue weighted by Crippen LogP contribution is 2.21. The van der Waals surface area contributed by atoms with Crippen molar-refractivity contribution in [1.82, 2.24) is 5.32 Å². The van der Waals surface area contributed by atoms with Crippen LogP contribution in [0.3, 0.4) is 0 Å². The summed E-state index contributed by atoms with van der Waals surface area (Å²) in [5.41, 5.74) is -0.271. The summed E-state index contributed by atoms with van der Waals surface area (Å²) in [6.45, 7) is 5.76. The minimum Gasteiger partial charge on any atom is -0.481 e. The van der Waals surface area contributed by atoms with Gasteiger partial charge in [0, 0.05) is 32.9 Å². The van der Waals surface area contributed by atoms with E-state index in [2.05, 4.69) is 5.32 Å². The van der Waals surface area contributed by atoms with Crippen LogP contribution < -0.4 is 5.32 Å². The summed E-state index contributed by atoms with van der Waals surface area (Å²) in [6, 6.07) is 0.545. The molecule has 0 aromatic heterocycles. The molecular weight excluding hydrogens is 306 g/mol. The molecule has 0 aromatic carbocycles. The summed E-state index contributed by atoms with van der Waals surface area (Å²) in [7, 11) is 1.93. The number of carbonyl (C=O) groups is 1. The molecule has 2 unspecified atom stereocenters. The number of nitrogens with one attached hydrogen (secondary N) is 1. The lowest BCUT2D eigenvalue weighted by Gasteiger charge is -2.27. The Kier molecular flexibility index (Phi) is 9.36. The molecule has 0 aliphatic rings. The number of hydrogen-bond donors (Lipinski definition) is 3. The summed E-state index contributed by atoms with van der Waals surface area (Å²) in [5, 5.41) is 22.2. The third-order valence-corrected chi connectivity index (χ3v) is 6.26. The van der Waals surface area contributed by atoms with Crippen LogP contribution in [0.25, 0.3) is 0 Å². The Morgan fingerprint density at radius 1 is 1.18 bits per heavy atom. The molecule has 0 aromatic rings. The molecule has 0 bridgehead atoms. The average Bonchev–Trinajstić information content (AvgIpc) is 2.40. The van der Waals surface area contributed by atoms with Gasteiger partial charge in [0.25, 0.3) is 0 Å². The standard InChI is InChI=1S/C14H31NO6Si/c1-14(2,3)15-12(16)10-11(13(17)18)8-7-9-22(19-4,20-5)21-6/h11-12,15-16H,7-10H2,1-6H3,(H,17,18). The van der Waals surface area contributed by atoms with E-state index in [4.69, 9.17) is 13.3 Å². The van der Waals surface area contributed by atoms with E-state index in [1.807, 2.05) is 20.8 Å². The second-order valence-corrected chi connectivity index (χ2v) is 9.46. The minimum absolute atomic E-state index is 0.161. The van der Waals surface area contributed by atoms with Crippen molar-refractivity contribution < 1.29 is 28.3 Å². The Balaban J connectivity index is 4.46. The van der Waals surface area contributed by atoms with E-state index >= 15 is 0 Å². The molecule has 0 fully saturated rings. The molecular formula is C14H31NO6Si. The van der Waals surface area contributed by atoms with Crippen molar-refractivity contribution in [3.63, 3.8) is 0 Å². The quantitative estimate of drug-likeness (QED) is 0.388. The monoisotopic (exact) mass is 337 g/mol. The molecule has 22 heavy (non-hydrogen) atoms. The van der Waals surface area contributed by atoms with Gasteiger partial charge in [0.2, 0.25) is 0 Å². The van der Waals surface area contributed by atoms with Gasteiger partial charge < -0.3 is 23.5 Å². The van der Waals surface area contributed by atoms with Crippen LogP contribution in [0.2, 0.25) is 6.04 Å². The zero-order valence-corrected chi connectivity index (χ0v) is 15.5. The van der Waals surface area contributed by atoms with Crippen molar-refractivity contribution in [2.24, 2.45) is 5.92 Å². The van der Waals surface area contributed by atoms with Crippen molar-refractivity contribution in [1.29, 1.82) is 0 Å². The van der Waals surface area contributed by atoms with E-state index in [1.165, 1.54) is 21.3 Å². The van der Waals surface area contributed by atoms with Crippen molar-refractivity contribution >= 4 is 14.8 Å². The smallest absolute Gasteiger partial charge is 0.481 e. The van der Waals surface area contributed by atoms with Crippen molar-refractivity contribution in [3.8, 4) is 0 Å². The number of rotatable bonds is 11. The van der Waals surface area contributed by atoms with Crippen LogP contribution in [0.15, 0.2) is 0 Å². The number of hydrogen-bond acceptors (Lipinski definition) is 6. The fourth-order valence-corrected chi connectivity index (χ4v) is 4.04. The molecule has 3 N–H and O–H groups in total. The van der Waals surface area contributed by atoms with E-state index in [9.17, 15) is 15.0 Å². The van der Waals surface area contributed by atoms with E-state index < -0.39 is 26.9 Å². The van der Waals surface area contributed by atoms with Crippen LogP contribution in [0, 0.1) is 5.92 Å². The first-order chi connectivity index (χ1) is 10.1. The van der Waals surface area contributed by atoms with E-state index in [1.54, 1.807) is 0 Å². The number of aliphatic hydroxyl groups excluding tert-OH is 1. The largest absolute Gasteiger partial charge is 0.500 e. The fourth-order valence-electron chi connectivity index (χ4n) is 2.29. The third-order valence-electron chi connectivity index (χ3n) is 3.43. The summed E-state index contributed by atoms with van der Waals surface area (Å²) < 4.78 is 15.9. The molecule has 0 aliphatic heterocycles. The molecule has 8 heteroatoms. The SMILES string of the molecule is CO[Si](CCCC(CC(O)NC(C)(C)C)C(=O)O)(OC)OC. The summed E-state index contributed by atoms with van der Waals surface area (Å²) >= 11 is 0. The van der Waals surface area contributed by atoms with Gasteiger partial charge in [0.15, 0.2) is 0 Å². The van der Waals surface area contributed by atoms with Crippen molar-refractivity contribution in [2.45, 2.75) is 57.8 Å². The van der Waals surface area contributed by atoms with Gasteiger partial charge in [-0.2, -0.15) is 0 Å². The Hall–Kier alpha value is -0.513. The molecule has 0 amide bonds. The molecule has 0 heterocycles. The van der Waals surface area contributed by atoms with Crippen LogP contribution in [0.5, 0.6) is 0 Å². The van der Waals surface area contributed by atoms with Crippen LogP contribution >= 0.6 is 0 Å². The van der Waals surface area contributed by atoms with Crippen LogP contribution in [0.1, 0.15) is 40.0 Å². The molecule has 0 saturated carbocycles. The lowest BCUT2D eigenvalue weighted by molar-refractivity contribution is -0.143. The zero-order chi connectivity index (χ0) is 17.4. The molecule has 0 saturated heterocycles. The second-order valence-electron chi connectivity index (χ2n) is 6.37. The van der Waals surface area contributed by atoms with Gasteiger partial charge in [0.1, 0.15) is 6.23 Å². The van der Waals surface area contributed by atoms with Gasteiger partial charge in [-0.3, -0.25) is 10.1 Å². The highest BCUT2D eigenvalue weighted by atomic mass is 28.4. The Morgan fingerprint density at radius 2 is 1.68 bits per heavy atom. The zero-order valence-electron chi connectivity index (χ0n) is 14.5. The Morgan fingerprint density at radius 3 is 2.05 bits per heavy atom. The van der Waals surface area contributed by atoms with Crippen molar-refractivity contribution in [3.05, 3.63) is 0 Å². The highest BCUT2D eigenvalue weighted by Gasteiger charge is 2.37.